The minimum absolute atomic E-state index is 0.0227. The lowest BCUT2D eigenvalue weighted by molar-refractivity contribution is 0.00578. The third-order valence-corrected chi connectivity index (χ3v) is 7.26. The number of aromatic nitrogens is 2. The molecule has 1 atom stereocenters. The zero-order chi connectivity index (χ0) is 17.6. The smallest absolute Gasteiger partial charge is 0.399 e. The molecule has 0 amide bonds. The van der Waals surface area contributed by atoms with E-state index >= 15 is 0 Å². The van der Waals surface area contributed by atoms with Crippen LogP contribution in [-0.2, 0) is 19.3 Å². The Morgan fingerprint density at radius 1 is 1.22 bits per heavy atom. The summed E-state index contributed by atoms with van der Waals surface area (Å²) in [4.78, 5) is 0. The van der Waals surface area contributed by atoms with Crippen molar-refractivity contribution in [2.45, 2.75) is 71.3 Å². The van der Waals surface area contributed by atoms with Crippen molar-refractivity contribution < 1.29 is 17.7 Å². The molecule has 1 aliphatic rings. The Kier molecular flexibility index (Phi) is 4.74. The van der Waals surface area contributed by atoms with Gasteiger partial charge in [0.15, 0.2) is 0 Å². The number of hydrogen-bond donors (Lipinski definition) is 0. The third-order valence-electron chi connectivity index (χ3n) is 4.89. The van der Waals surface area contributed by atoms with Gasteiger partial charge in [-0.1, -0.05) is 20.8 Å². The Labute approximate surface area is 139 Å². The van der Waals surface area contributed by atoms with Gasteiger partial charge >= 0.3 is 7.12 Å². The summed E-state index contributed by atoms with van der Waals surface area (Å²) in [6.07, 6.45) is 3.56. The summed E-state index contributed by atoms with van der Waals surface area (Å²) in [6, 6.07) is 0. The molecular formula is C15H27BN2O4S. The molecule has 0 aliphatic carbocycles. The van der Waals surface area contributed by atoms with E-state index in [1.165, 1.54) is 12.4 Å². The van der Waals surface area contributed by atoms with Gasteiger partial charge in [0.05, 0.1) is 16.5 Å². The van der Waals surface area contributed by atoms with E-state index in [0.717, 1.165) is 4.09 Å². The first kappa shape index (κ1) is 18.5. The molecule has 130 valence electrons. The van der Waals surface area contributed by atoms with Gasteiger partial charge in [0, 0.05) is 17.9 Å². The second-order valence-corrected chi connectivity index (χ2v) is 9.48. The van der Waals surface area contributed by atoms with Gasteiger partial charge < -0.3 is 9.31 Å². The zero-order valence-electron chi connectivity index (χ0n) is 15.0. The molecule has 6 nitrogen and oxygen atoms in total. The van der Waals surface area contributed by atoms with Gasteiger partial charge in [-0.2, -0.15) is 9.19 Å². The molecule has 0 saturated carbocycles. The second-order valence-electron chi connectivity index (χ2n) is 7.47. The van der Waals surface area contributed by atoms with Crippen molar-refractivity contribution >= 4 is 22.6 Å². The van der Waals surface area contributed by atoms with E-state index in [0.29, 0.717) is 11.9 Å². The molecule has 1 aliphatic heterocycles. The summed E-state index contributed by atoms with van der Waals surface area (Å²) < 4.78 is 38.4. The van der Waals surface area contributed by atoms with Gasteiger partial charge in [0.25, 0.3) is 10.0 Å². The summed E-state index contributed by atoms with van der Waals surface area (Å²) in [5.74, 6) is 0.0227. The van der Waals surface area contributed by atoms with E-state index < -0.39 is 33.6 Å². The monoisotopic (exact) mass is 342 g/mol. The van der Waals surface area contributed by atoms with Crippen molar-refractivity contribution in [1.82, 2.24) is 9.19 Å². The fraction of sp³-hybridized carbons (Fsp3) is 0.800. The summed E-state index contributed by atoms with van der Waals surface area (Å²) in [5.41, 5.74) is -0.323. The van der Waals surface area contributed by atoms with Gasteiger partial charge in [-0.05, 0) is 40.0 Å². The Morgan fingerprint density at radius 3 is 2.17 bits per heavy atom. The predicted octanol–water partition coefficient (Wildman–Crippen LogP) is 1.79. The van der Waals surface area contributed by atoms with Crippen LogP contribution in [0.25, 0.3) is 0 Å². The van der Waals surface area contributed by atoms with Crippen molar-refractivity contribution in [3.8, 4) is 0 Å². The van der Waals surface area contributed by atoms with Gasteiger partial charge in [-0.3, -0.25) is 0 Å². The first-order chi connectivity index (χ1) is 10.4. The van der Waals surface area contributed by atoms with Crippen LogP contribution in [0.4, 0.5) is 0 Å². The van der Waals surface area contributed by atoms with Crippen molar-refractivity contribution in [2.24, 2.45) is 5.92 Å². The topological polar surface area (TPSA) is 70.4 Å². The molecule has 1 fully saturated rings. The number of rotatable bonds is 5. The standard InChI is InChI=1S/C15H27BN2O4S/c1-8-13(11(2)3)23(19,20)18-10-12(9-17-18)16-21-14(4,5)15(6,7)22-16/h9-11,13H,8H2,1-7H3. The van der Waals surface area contributed by atoms with Crippen LogP contribution in [0.2, 0.25) is 0 Å². The first-order valence-corrected chi connectivity index (χ1v) is 9.57. The molecule has 1 aromatic heterocycles. The number of hydrogen-bond acceptors (Lipinski definition) is 5. The predicted molar refractivity (Wildman–Crippen MR) is 91.2 cm³/mol. The Balaban J connectivity index is 2.29. The van der Waals surface area contributed by atoms with Crippen LogP contribution in [0.1, 0.15) is 54.9 Å². The highest BCUT2D eigenvalue weighted by Gasteiger charge is 2.52. The van der Waals surface area contributed by atoms with Crippen LogP contribution >= 0.6 is 0 Å². The molecule has 0 N–H and O–H groups in total. The van der Waals surface area contributed by atoms with Gasteiger partial charge in [-0.15, -0.1) is 0 Å². The third kappa shape index (κ3) is 3.21. The van der Waals surface area contributed by atoms with Crippen molar-refractivity contribution in [3.05, 3.63) is 12.4 Å². The largest absolute Gasteiger partial charge is 0.498 e. The maximum Gasteiger partial charge on any atom is 0.498 e. The molecular weight excluding hydrogens is 315 g/mol. The zero-order valence-corrected chi connectivity index (χ0v) is 15.8. The Morgan fingerprint density at radius 2 is 1.74 bits per heavy atom. The van der Waals surface area contributed by atoms with Crippen LogP contribution < -0.4 is 5.46 Å². The van der Waals surface area contributed by atoms with Crippen molar-refractivity contribution in [1.29, 1.82) is 0 Å². The molecule has 23 heavy (non-hydrogen) atoms. The average Bonchev–Trinajstić information content (AvgIpc) is 2.93. The van der Waals surface area contributed by atoms with E-state index in [9.17, 15) is 8.42 Å². The van der Waals surface area contributed by atoms with Crippen LogP contribution in [0, 0.1) is 5.92 Å². The van der Waals surface area contributed by atoms with Crippen molar-refractivity contribution in [2.75, 3.05) is 0 Å². The average molecular weight is 342 g/mol. The molecule has 0 radical (unpaired) electrons. The van der Waals surface area contributed by atoms with E-state index in [1.807, 2.05) is 48.5 Å². The van der Waals surface area contributed by atoms with Crippen molar-refractivity contribution in [3.63, 3.8) is 0 Å². The van der Waals surface area contributed by atoms with E-state index in [-0.39, 0.29) is 5.92 Å². The normalized spacial score (nSPS) is 21.8. The highest BCUT2D eigenvalue weighted by Crippen LogP contribution is 2.36. The molecule has 2 rings (SSSR count). The SMILES string of the molecule is CCC(C(C)C)S(=O)(=O)n1cc(B2OC(C)(C)C(C)(C)O2)cn1. The molecule has 8 heteroatoms. The summed E-state index contributed by atoms with van der Waals surface area (Å²) in [5, 5.41) is 3.58. The number of nitrogens with zero attached hydrogens (tertiary/aromatic N) is 2. The molecule has 1 unspecified atom stereocenters. The summed E-state index contributed by atoms with van der Waals surface area (Å²) >= 11 is 0. The maximum absolute atomic E-state index is 12.7. The highest BCUT2D eigenvalue weighted by molar-refractivity contribution is 7.90. The quantitative estimate of drug-likeness (QED) is 0.763. The van der Waals surface area contributed by atoms with Crippen LogP contribution in [-0.4, -0.2) is 41.2 Å². The second kappa shape index (κ2) is 5.90. The highest BCUT2D eigenvalue weighted by atomic mass is 32.2. The molecule has 0 spiro atoms. The fourth-order valence-electron chi connectivity index (χ4n) is 2.72. The molecule has 0 aromatic carbocycles. The van der Waals surface area contributed by atoms with Crippen LogP contribution in [0.5, 0.6) is 0 Å². The molecule has 1 saturated heterocycles. The maximum atomic E-state index is 12.7. The Hall–Kier alpha value is -0.855. The lowest BCUT2D eigenvalue weighted by Crippen LogP contribution is -2.41. The summed E-state index contributed by atoms with van der Waals surface area (Å²) in [6.45, 7) is 13.5. The van der Waals surface area contributed by atoms with Crippen LogP contribution in [0.15, 0.2) is 12.4 Å². The molecule has 2 heterocycles. The molecule has 0 bridgehead atoms. The van der Waals surface area contributed by atoms with Gasteiger partial charge in [0.2, 0.25) is 0 Å². The van der Waals surface area contributed by atoms with Crippen LogP contribution in [0.3, 0.4) is 0 Å². The van der Waals surface area contributed by atoms with Gasteiger partial charge in [0.1, 0.15) is 0 Å². The lowest BCUT2D eigenvalue weighted by atomic mass is 9.82. The Bertz CT molecular complexity index is 651. The first-order valence-electron chi connectivity index (χ1n) is 8.07. The minimum Gasteiger partial charge on any atom is -0.399 e. The molecule has 1 aromatic rings. The fourth-order valence-corrected chi connectivity index (χ4v) is 4.56. The lowest BCUT2D eigenvalue weighted by Gasteiger charge is -2.32. The minimum atomic E-state index is -3.52. The van der Waals surface area contributed by atoms with E-state index in [4.69, 9.17) is 9.31 Å². The van der Waals surface area contributed by atoms with E-state index in [2.05, 4.69) is 5.10 Å². The van der Waals surface area contributed by atoms with Gasteiger partial charge in [-0.25, -0.2) is 8.42 Å². The summed E-state index contributed by atoms with van der Waals surface area (Å²) in [7, 11) is -4.13. The van der Waals surface area contributed by atoms with E-state index in [1.54, 1.807) is 0 Å².